The Morgan fingerprint density at radius 1 is 1.07 bits per heavy atom. The fraction of sp³-hybridized carbons (Fsp3) is 0.391. The number of hydrogen-bond acceptors (Lipinski definition) is 3. The van der Waals surface area contributed by atoms with Crippen molar-refractivity contribution >= 4 is 35.3 Å². The monoisotopic (exact) mass is 451 g/mol. The standard InChI is InChI=1S/C23H27Cl2NO4/c1-14(2)12-19(21(27)28)26-22(29)30-20(15-8-10-17(24)11-9-15)23(3,4)16-6-5-7-18(25)13-16/h5-11,13-14,19-20H,12H2,1-4H3,(H,26,29)(H,27,28)/t19-,20?/m0/s1. The summed E-state index contributed by atoms with van der Waals surface area (Å²) in [4.78, 5) is 24.2. The Bertz CT molecular complexity index is 881. The van der Waals surface area contributed by atoms with E-state index in [1.807, 2.05) is 45.9 Å². The molecule has 0 fully saturated rings. The molecule has 0 aromatic heterocycles. The Labute approximate surface area is 187 Å². The summed E-state index contributed by atoms with van der Waals surface area (Å²) in [5, 5.41) is 13.0. The lowest BCUT2D eigenvalue weighted by atomic mass is 9.76. The summed E-state index contributed by atoms with van der Waals surface area (Å²) in [6.07, 6.45) is -1.20. The van der Waals surface area contributed by atoms with Crippen LogP contribution in [0.2, 0.25) is 10.0 Å². The number of carboxylic acid groups (broad SMARTS) is 1. The number of ether oxygens (including phenoxy) is 1. The molecule has 0 aliphatic rings. The van der Waals surface area contributed by atoms with Gasteiger partial charge in [-0.3, -0.25) is 0 Å². The molecule has 2 N–H and O–H groups in total. The first kappa shape index (κ1) is 24.0. The molecule has 7 heteroatoms. The number of halogens is 2. The van der Waals surface area contributed by atoms with Crippen LogP contribution in [-0.2, 0) is 14.9 Å². The number of aliphatic carboxylic acids is 1. The molecule has 0 spiro atoms. The van der Waals surface area contributed by atoms with Gasteiger partial charge in [0.15, 0.2) is 0 Å². The van der Waals surface area contributed by atoms with Crippen molar-refractivity contribution in [1.82, 2.24) is 5.32 Å². The van der Waals surface area contributed by atoms with Gasteiger partial charge in [0, 0.05) is 15.5 Å². The van der Waals surface area contributed by atoms with E-state index in [2.05, 4.69) is 5.32 Å². The zero-order valence-electron chi connectivity index (χ0n) is 17.5. The molecule has 0 saturated carbocycles. The fourth-order valence-electron chi connectivity index (χ4n) is 3.29. The van der Waals surface area contributed by atoms with Crippen molar-refractivity contribution in [3.8, 4) is 0 Å². The van der Waals surface area contributed by atoms with Crippen LogP contribution in [0.1, 0.15) is 51.3 Å². The molecule has 30 heavy (non-hydrogen) atoms. The van der Waals surface area contributed by atoms with Crippen LogP contribution in [0.15, 0.2) is 48.5 Å². The number of amides is 1. The highest BCUT2D eigenvalue weighted by Crippen LogP contribution is 2.40. The van der Waals surface area contributed by atoms with Crippen LogP contribution in [0.3, 0.4) is 0 Å². The maximum atomic E-state index is 12.7. The number of carboxylic acids is 1. The third-order valence-electron chi connectivity index (χ3n) is 4.92. The maximum absolute atomic E-state index is 12.7. The lowest BCUT2D eigenvalue weighted by Crippen LogP contribution is -2.43. The molecule has 2 atom stereocenters. The minimum Gasteiger partial charge on any atom is -0.480 e. The first-order chi connectivity index (χ1) is 14.0. The average molecular weight is 452 g/mol. The van der Waals surface area contributed by atoms with Gasteiger partial charge >= 0.3 is 12.1 Å². The first-order valence-corrected chi connectivity index (χ1v) is 10.5. The van der Waals surface area contributed by atoms with E-state index in [1.54, 1.807) is 30.3 Å². The van der Waals surface area contributed by atoms with Crippen molar-refractivity contribution in [2.75, 3.05) is 0 Å². The van der Waals surface area contributed by atoms with Gasteiger partial charge in [0.25, 0.3) is 0 Å². The Morgan fingerprint density at radius 2 is 1.70 bits per heavy atom. The summed E-state index contributed by atoms with van der Waals surface area (Å²) in [6.45, 7) is 7.66. The van der Waals surface area contributed by atoms with Crippen molar-refractivity contribution in [1.29, 1.82) is 0 Å². The van der Waals surface area contributed by atoms with Crippen molar-refractivity contribution in [3.63, 3.8) is 0 Å². The van der Waals surface area contributed by atoms with Crippen LogP contribution < -0.4 is 5.32 Å². The van der Waals surface area contributed by atoms with Gasteiger partial charge in [0.2, 0.25) is 0 Å². The lowest BCUT2D eigenvalue weighted by molar-refractivity contribution is -0.139. The predicted octanol–water partition coefficient (Wildman–Crippen LogP) is 6.24. The topological polar surface area (TPSA) is 75.6 Å². The molecule has 2 aromatic carbocycles. The van der Waals surface area contributed by atoms with Crippen LogP contribution >= 0.6 is 23.2 Å². The number of nitrogens with one attached hydrogen (secondary N) is 1. The summed E-state index contributed by atoms with van der Waals surface area (Å²) in [5.41, 5.74) is 0.947. The Morgan fingerprint density at radius 3 is 2.23 bits per heavy atom. The summed E-state index contributed by atoms with van der Waals surface area (Å²) >= 11 is 12.2. The number of benzene rings is 2. The van der Waals surface area contributed by atoms with Gasteiger partial charge in [-0.05, 0) is 47.7 Å². The fourth-order valence-corrected chi connectivity index (χ4v) is 3.60. The molecule has 2 rings (SSSR count). The van der Waals surface area contributed by atoms with Crippen LogP contribution in [0.4, 0.5) is 4.79 Å². The number of rotatable bonds is 8. The third kappa shape index (κ3) is 6.38. The zero-order valence-corrected chi connectivity index (χ0v) is 19.0. The SMILES string of the molecule is CC(C)C[C@H](NC(=O)OC(c1ccc(Cl)cc1)C(C)(C)c1cccc(Cl)c1)C(=O)O. The normalized spacial score (nSPS) is 13.6. The second-order valence-electron chi connectivity index (χ2n) is 8.23. The van der Waals surface area contributed by atoms with E-state index in [1.165, 1.54) is 0 Å². The first-order valence-electron chi connectivity index (χ1n) is 9.72. The molecule has 0 saturated heterocycles. The number of hydrogen-bond donors (Lipinski definition) is 2. The lowest BCUT2D eigenvalue weighted by Gasteiger charge is -2.35. The van der Waals surface area contributed by atoms with E-state index in [4.69, 9.17) is 27.9 Å². The van der Waals surface area contributed by atoms with Gasteiger partial charge < -0.3 is 15.2 Å². The second kappa shape index (κ2) is 10.2. The van der Waals surface area contributed by atoms with Crippen LogP contribution in [-0.4, -0.2) is 23.2 Å². The average Bonchev–Trinajstić information content (AvgIpc) is 2.66. The number of carbonyl (C=O) groups is 2. The highest BCUT2D eigenvalue weighted by atomic mass is 35.5. The van der Waals surface area contributed by atoms with E-state index in [-0.39, 0.29) is 5.92 Å². The van der Waals surface area contributed by atoms with Crippen molar-refractivity contribution in [3.05, 3.63) is 69.7 Å². The third-order valence-corrected chi connectivity index (χ3v) is 5.41. The predicted molar refractivity (Wildman–Crippen MR) is 119 cm³/mol. The molecule has 1 amide bonds. The molecule has 0 bridgehead atoms. The van der Waals surface area contributed by atoms with E-state index >= 15 is 0 Å². The molecule has 0 aliphatic heterocycles. The van der Waals surface area contributed by atoms with Gasteiger partial charge in [-0.1, -0.05) is 75.2 Å². The summed E-state index contributed by atoms with van der Waals surface area (Å²) in [7, 11) is 0. The molecule has 0 aliphatic carbocycles. The molecule has 1 unspecified atom stereocenters. The Hall–Kier alpha value is -2.24. The molecule has 162 valence electrons. The molecule has 5 nitrogen and oxygen atoms in total. The molecular weight excluding hydrogens is 425 g/mol. The van der Waals surface area contributed by atoms with Crippen LogP contribution in [0.5, 0.6) is 0 Å². The quantitative estimate of drug-likeness (QED) is 0.497. The summed E-state index contributed by atoms with van der Waals surface area (Å²) in [5.74, 6) is -1.00. The second-order valence-corrected chi connectivity index (χ2v) is 9.11. The largest absolute Gasteiger partial charge is 0.480 e. The Balaban J connectivity index is 2.35. The van der Waals surface area contributed by atoms with Crippen molar-refractivity contribution in [2.24, 2.45) is 5.92 Å². The van der Waals surface area contributed by atoms with Gasteiger partial charge in [0.05, 0.1) is 0 Å². The van der Waals surface area contributed by atoms with Crippen LogP contribution in [0.25, 0.3) is 0 Å². The van der Waals surface area contributed by atoms with Gasteiger partial charge in [-0.25, -0.2) is 9.59 Å². The van der Waals surface area contributed by atoms with E-state index in [0.717, 1.165) is 11.1 Å². The van der Waals surface area contributed by atoms with Gasteiger partial charge in [-0.2, -0.15) is 0 Å². The number of carbonyl (C=O) groups excluding carboxylic acids is 1. The zero-order chi connectivity index (χ0) is 22.5. The van der Waals surface area contributed by atoms with E-state index in [0.29, 0.717) is 16.5 Å². The highest BCUT2D eigenvalue weighted by Gasteiger charge is 2.37. The molecule has 2 aromatic rings. The minimum absolute atomic E-state index is 0.0985. The van der Waals surface area contributed by atoms with Crippen LogP contribution in [0, 0.1) is 5.92 Å². The van der Waals surface area contributed by atoms with E-state index in [9.17, 15) is 14.7 Å². The minimum atomic E-state index is -1.10. The van der Waals surface area contributed by atoms with Gasteiger partial charge in [0.1, 0.15) is 12.1 Å². The maximum Gasteiger partial charge on any atom is 0.408 e. The smallest absolute Gasteiger partial charge is 0.408 e. The highest BCUT2D eigenvalue weighted by molar-refractivity contribution is 6.30. The Kier molecular flexibility index (Phi) is 8.16. The summed E-state index contributed by atoms with van der Waals surface area (Å²) in [6, 6.07) is 13.3. The number of alkyl carbamates (subject to hydrolysis) is 1. The molecule has 0 radical (unpaired) electrons. The summed E-state index contributed by atoms with van der Waals surface area (Å²) < 4.78 is 5.80. The van der Waals surface area contributed by atoms with Crippen molar-refractivity contribution in [2.45, 2.75) is 51.7 Å². The van der Waals surface area contributed by atoms with Crippen molar-refractivity contribution < 1.29 is 19.4 Å². The molecular formula is C23H27Cl2NO4. The van der Waals surface area contributed by atoms with Gasteiger partial charge in [-0.15, -0.1) is 0 Å². The molecule has 0 heterocycles. The van der Waals surface area contributed by atoms with E-state index < -0.39 is 29.6 Å².